The zero-order valence-electron chi connectivity index (χ0n) is 4.40. The first-order valence-corrected chi connectivity index (χ1v) is 1.92. The maximum atomic E-state index is 3.54. The normalized spacial score (nSPS) is 9.17. The molecule has 0 unspecified atom stereocenters. The maximum Gasteiger partial charge on any atom is 0.164 e. The third-order valence-electron chi connectivity index (χ3n) is 0.451. The van der Waals surface area contributed by atoms with Crippen molar-refractivity contribution >= 4 is 0 Å². The second-order valence-electron chi connectivity index (χ2n) is 1.44. The minimum absolute atomic E-state index is 0.889. The van der Waals surface area contributed by atoms with Gasteiger partial charge in [-0.1, -0.05) is 6.58 Å². The van der Waals surface area contributed by atoms with Crippen LogP contribution in [0, 0.1) is 0 Å². The van der Waals surface area contributed by atoms with E-state index < -0.39 is 0 Å². The molecule has 0 aliphatic carbocycles. The summed E-state index contributed by atoms with van der Waals surface area (Å²) in [6, 6.07) is 0. The predicted octanol–water partition coefficient (Wildman–Crippen LogP) is 0.984. The van der Waals surface area contributed by atoms with Gasteiger partial charge in [-0.05, 0) is 6.08 Å². The van der Waals surface area contributed by atoms with Gasteiger partial charge in [-0.2, -0.15) is 0 Å². The van der Waals surface area contributed by atoms with Crippen molar-refractivity contribution in [2.45, 2.75) is 0 Å². The lowest BCUT2D eigenvalue weighted by atomic mass is 10.7. The molecular formula is C5H11O+. The summed E-state index contributed by atoms with van der Waals surface area (Å²) in [4.78, 5) is 0. The van der Waals surface area contributed by atoms with Gasteiger partial charge in [0, 0.05) is 0 Å². The van der Waals surface area contributed by atoms with Crippen molar-refractivity contribution in [1.29, 1.82) is 0 Å². The van der Waals surface area contributed by atoms with Crippen molar-refractivity contribution in [3.05, 3.63) is 12.7 Å². The van der Waals surface area contributed by atoms with E-state index in [2.05, 4.69) is 10.9 Å². The molecule has 0 saturated heterocycles. The van der Waals surface area contributed by atoms with Crippen LogP contribution in [-0.2, 0) is 4.37 Å². The van der Waals surface area contributed by atoms with Crippen LogP contribution in [0.2, 0.25) is 0 Å². The van der Waals surface area contributed by atoms with Crippen LogP contribution in [0.4, 0.5) is 0 Å². The monoisotopic (exact) mass is 87.1 g/mol. The first-order chi connectivity index (χ1) is 2.77. The van der Waals surface area contributed by atoms with E-state index in [1.807, 2.05) is 20.3 Å². The number of hydrogen-bond donors (Lipinski definition) is 0. The molecule has 0 bridgehead atoms. The Morgan fingerprint density at radius 3 is 2.17 bits per heavy atom. The van der Waals surface area contributed by atoms with E-state index >= 15 is 0 Å². The number of rotatable bonds is 2. The average molecular weight is 87.1 g/mol. The zero-order chi connectivity index (χ0) is 4.99. The Morgan fingerprint density at radius 1 is 1.67 bits per heavy atom. The van der Waals surface area contributed by atoms with Crippen LogP contribution in [0.25, 0.3) is 0 Å². The van der Waals surface area contributed by atoms with Crippen LogP contribution in [0.5, 0.6) is 0 Å². The van der Waals surface area contributed by atoms with Crippen LogP contribution in [0.3, 0.4) is 0 Å². The third-order valence-corrected chi connectivity index (χ3v) is 0.451. The quantitative estimate of drug-likeness (QED) is 0.349. The van der Waals surface area contributed by atoms with Gasteiger partial charge in [0.2, 0.25) is 0 Å². The topological polar surface area (TPSA) is 2.70 Å². The zero-order valence-corrected chi connectivity index (χ0v) is 4.40. The van der Waals surface area contributed by atoms with Gasteiger partial charge in [0.1, 0.15) is 14.2 Å². The maximum absolute atomic E-state index is 3.54. The average Bonchev–Trinajstić information content (AvgIpc) is 1.35. The molecule has 0 fully saturated rings. The highest BCUT2D eigenvalue weighted by Crippen LogP contribution is 1.77. The minimum atomic E-state index is 0.889. The Balaban J connectivity index is 2.81. The first-order valence-electron chi connectivity index (χ1n) is 1.92. The lowest BCUT2D eigenvalue weighted by Crippen LogP contribution is -1.98. The molecule has 0 atom stereocenters. The molecule has 0 aromatic heterocycles. The minimum Gasteiger partial charge on any atom is -0.423 e. The van der Waals surface area contributed by atoms with Gasteiger partial charge in [0.15, 0.2) is 6.61 Å². The van der Waals surface area contributed by atoms with Crippen molar-refractivity contribution < 1.29 is 4.37 Å². The van der Waals surface area contributed by atoms with E-state index in [4.69, 9.17) is 0 Å². The second-order valence-corrected chi connectivity index (χ2v) is 1.44. The van der Waals surface area contributed by atoms with E-state index in [1.54, 1.807) is 0 Å². The highest BCUT2D eigenvalue weighted by atomic mass is 16.7. The number of hydrogen-bond acceptors (Lipinski definition) is 0. The largest absolute Gasteiger partial charge is 0.423 e. The predicted molar refractivity (Wildman–Crippen MR) is 28.0 cm³/mol. The van der Waals surface area contributed by atoms with Crippen molar-refractivity contribution in [3.63, 3.8) is 0 Å². The molecule has 0 aromatic carbocycles. The molecule has 1 nitrogen and oxygen atoms in total. The van der Waals surface area contributed by atoms with E-state index in [0.29, 0.717) is 0 Å². The molecule has 0 heterocycles. The molecule has 6 heavy (non-hydrogen) atoms. The summed E-state index contributed by atoms with van der Waals surface area (Å²) in [5, 5.41) is 0. The van der Waals surface area contributed by atoms with Gasteiger partial charge in [-0.3, -0.25) is 0 Å². The van der Waals surface area contributed by atoms with Crippen LogP contribution >= 0.6 is 0 Å². The summed E-state index contributed by atoms with van der Waals surface area (Å²) in [6.45, 7) is 4.43. The Labute approximate surface area is 38.9 Å². The van der Waals surface area contributed by atoms with Gasteiger partial charge >= 0.3 is 0 Å². The molecule has 36 valence electrons. The summed E-state index contributed by atoms with van der Waals surface area (Å²) in [7, 11) is 3.86. The summed E-state index contributed by atoms with van der Waals surface area (Å²) in [6.07, 6.45) is 1.84. The smallest absolute Gasteiger partial charge is 0.164 e. The SMILES string of the molecule is C=CC[O+](C)C. The van der Waals surface area contributed by atoms with Crippen LogP contribution in [0.15, 0.2) is 12.7 Å². The fraction of sp³-hybridized carbons (Fsp3) is 0.600. The van der Waals surface area contributed by atoms with Gasteiger partial charge in [0.25, 0.3) is 0 Å². The standard InChI is InChI=1S/C5H11O/c1-4-5-6(2)3/h4H,1,5H2,2-3H3/q+1. The van der Waals surface area contributed by atoms with E-state index in [0.717, 1.165) is 6.61 Å². The lowest BCUT2D eigenvalue weighted by Gasteiger charge is -1.99. The molecule has 1 heteroatoms. The van der Waals surface area contributed by atoms with Crippen molar-refractivity contribution in [2.75, 3.05) is 20.8 Å². The van der Waals surface area contributed by atoms with E-state index in [1.165, 1.54) is 0 Å². The summed E-state index contributed by atoms with van der Waals surface area (Å²) in [5.74, 6) is 0. The molecule has 0 amide bonds. The van der Waals surface area contributed by atoms with Crippen LogP contribution in [-0.4, -0.2) is 20.8 Å². The van der Waals surface area contributed by atoms with Gasteiger partial charge in [0.05, 0.1) is 0 Å². The highest BCUT2D eigenvalue weighted by molar-refractivity contribution is 4.64. The Bertz CT molecular complexity index is 39.2. The van der Waals surface area contributed by atoms with Crippen LogP contribution < -0.4 is 0 Å². The molecule has 0 aliphatic rings. The fourth-order valence-corrected chi connectivity index (χ4v) is 0.236. The molecule has 0 N–H and O–H groups in total. The fourth-order valence-electron chi connectivity index (χ4n) is 0.236. The van der Waals surface area contributed by atoms with E-state index in [9.17, 15) is 0 Å². The van der Waals surface area contributed by atoms with Gasteiger partial charge in [-0.25, -0.2) is 0 Å². The molecule has 0 saturated carbocycles. The lowest BCUT2D eigenvalue weighted by molar-refractivity contribution is -0.0331. The summed E-state index contributed by atoms with van der Waals surface area (Å²) in [5.41, 5.74) is 0. The highest BCUT2D eigenvalue weighted by Gasteiger charge is 1.80. The first kappa shape index (κ1) is 5.70. The second kappa shape index (κ2) is 2.91. The third kappa shape index (κ3) is 3.70. The van der Waals surface area contributed by atoms with Crippen LogP contribution in [0.1, 0.15) is 0 Å². The summed E-state index contributed by atoms with van der Waals surface area (Å²) < 4.78 is 2.70. The van der Waals surface area contributed by atoms with Crippen molar-refractivity contribution in [2.24, 2.45) is 0 Å². The Hall–Kier alpha value is -0.300. The van der Waals surface area contributed by atoms with Gasteiger partial charge in [-0.15, -0.1) is 0 Å². The van der Waals surface area contributed by atoms with Crippen molar-refractivity contribution in [1.82, 2.24) is 0 Å². The molecule has 0 aromatic rings. The summed E-state index contributed by atoms with van der Waals surface area (Å²) >= 11 is 0. The molecule has 0 aliphatic heterocycles. The Morgan fingerprint density at radius 2 is 2.17 bits per heavy atom. The Kier molecular flexibility index (Phi) is 2.77. The molecule has 0 radical (unpaired) electrons. The van der Waals surface area contributed by atoms with Crippen molar-refractivity contribution in [3.8, 4) is 0 Å². The van der Waals surface area contributed by atoms with E-state index in [-0.39, 0.29) is 0 Å². The molecular weight excluding hydrogens is 76.1 g/mol. The van der Waals surface area contributed by atoms with Gasteiger partial charge < -0.3 is 4.37 Å². The molecule has 0 spiro atoms. The molecule has 0 rings (SSSR count).